The van der Waals surface area contributed by atoms with Crippen molar-refractivity contribution in [2.75, 3.05) is 0 Å². The number of aliphatic hydroxyl groups is 1. The number of amides is 1. The van der Waals surface area contributed by atoms with Crippen molar-refractivity contribution in [2.24, 2.45) is 11.3 Å². The van der Waals surface area contributed by atoms with Gasteiger partial charge < -0.3 is 15.0 Å². The molecular formula is C15H23N3O2. The second kappa shape index (κ2) is 5.20. The molecule has 0 aliphatic heterocycles. The molecule has 20 heavy (non-hydrogen) atoms. The van der Waals surface area contributed by atoms with Crippen LogP contribution in [0.25, 0.3) is 0 Å². The molecule has 5 heteroatoms. The summed E-state index contributed by atoms with van der Waals surface area (Å²) in [5.41, 5.74) is -0.226. The number of carbonyl (C=O) groups is 1. The smallest absolute Gasteiger partial charge is 0.228 e. The van der Waals surface area contributed by atoms with Crippen molar-refractivity contribution in [3.05, 3.63) is 18.7 Å². The second-order valence-electron chi connectivity index (χ2n) is 6.39. The number of rotatable bonds is 6. The van der Waals surface area contributed by atoms with E-state index >= 15 is 0 Å². The van der Waals surface area contributed by atoms with Crippen LogP contribution in [0.5, 0.6) is 0 Å². The van der Waals surface area contributed by atoms with E-state index in [0.717, 1.165) is 38.6 Å². The van der Waals surface area contributed by atoms with Crippen LogP contribution in [0.4, 0.5) is 0 Å². The number of hydrogen-bond acceptors (Lipinski definition) is 3. The fourth-order valence-electron chi connectivity index (χ4n) is 3.17. The summed E-state index contributed by atoms with van der Waals surface area (Å²) in [5.74, 6) is 0.627. The zero-order valence-electron chi connectivity index (χ0n) is 12.0. The van der Waals surface area contributed by atoms with E-state index in [9.17, 15) is 9.90 Å². The molecule has 0 saturated heterocycles. The molecule has 0 aromatic carbocycles. The van der Waals surface area contributed by atoms with Gasteiger partial charge in [-0.1, -0.05) is 6.92 Å². The maximum atomic E-state index is 12.5. The average molecular weight is 277 g/mol. The molecule has 1 aromatic heterocycles. The van der Waals surface area contributed by atoms with E-state index < -0.39 is 0 Å². The highest BCUT2D eigenvalue weighted by Gasteiger charge is 2.51. The average Bonchev–Trinajstić information content (AvgIpc) is 3.00. The first-order chi connectivity index (χ1) is 9.63. The Bertz CT molecular complexity index is 461. The molecule has 110 valence electrons. The Kier molecular flexibility index (Phi) is 3.54. The highest BCUT2D eigenvalue weighted by Crippen LogP contribution is 2.47. The van der Waals surface area contributed by atoms with Crippen LogP contribution in [-0.2, 0) is 11.3 Å². The molecule has 0 spiro atoms. The Morgan fingerprint density at radius 2 is 2.30 bits per heavy atom. The third-order valence-electron chi connectivity index (χ3n) is 4.85. The zero-order valence-corrected chi connectivity index (χ0v) is 12.0. The monoisotopic (exact) mass is 277 g/mol. The van der Waals surface area contributed by atoms with Crippen LogP contribution < -0.4 is 5.32 Å². The van der Waals surface area contributed by atoms with Gasteiger partial charge in [-0.2, -0.15) is 0 Å². The summed E-state index contributed by atoms with van der Waals surface area (Å²) in [6, 6.07) is 0.214. The van der Waals surface area contributed by atoms with Crippen molar-refractivity contribution in [2.45, 2.75) is 57.7 Å². The summed E-state index contributed by atoms with van der Waals surface area (Å²) >= 11 is 0. The van der Waals surface area contributed by atoms with Gasteiger partial charge in [0, 0.05) is 25.0 Å². The van der Waals surface area contributed by atoms with Gasteiger partial charge in [0.25, 0.3) is 0 Å². The van der Waals surface area contributed by atoms with Crippen LogP contribution in [0.3, 0.4) is 0 Å². The van der Waals surface area contributed by atoms with E-state index in [1.165, 1.54) is 0 Å². The van der Waals surface area contributed by atoms with Gasteiger partial charge in [0.1, 0.15) is 0 Å². The van der Waals surface area contributed by atoms with E-state index in [-0.39, 0.29) is 23.5 Å². The molecule has 2 aliphatic rings. The Balaban J connectivity index is 1.58. The van der Waals surface area contributed by atoms with Gasteiger partial charge in [0.2, 0.25) is 5.91 Å². The lowest BCUT2D eigenvalue weighted by atomic mass is 9.76. The highest BCUT2D eigenvalue weighted by molar-refractivity contribution is 5.85. The van der Waals surface area contributed by atoms with E-state index in [1.807, 2.05) is 10.8 Å². The maximum absolute atomic E-state index is 12.5. The first-order valence-corrected chi connectivity index (χ1v) is 7.58. The topological polar surface area (TPSA) is 67.2 Å². The summed E-state index contributed by atoms with van der Waals surface area (Å²) in [6.07, 6.45) is 9.77. The summed E-state index contributed by atoms with van der Waals surface area (Å²) in [7, 11) is 0. The second-order valence-corrected chi connectivity index (χ2v) is 6.39. The van der Waals surface area contributed by atoms with Crippen LogP contribution in [-0.4, -0.2) is 32.7 Å². The number of aliphatic hydroxyl groups excluding tert-OH is 1. The standard InChI is InChI=1S/C15H23N3O2/c1-2-13(11-7-12(19)8-11)17-14(20)15(3-4-15)9-18-6-5-16-10-18/h5-6,10-13,19H,2-4,7-9H2,1H3,(H,17,20)/t11?,12?,13-/m1/s1. The molecule has 1 atom stereocenters. The molecule has 2 N–H and O–H groups in total. The summed E-state index contributed by atoms with van der Waals surface area (Å²) in [4.78, 5) is 16.6. The number of nitrogens with one attached hydrogen (secondary N) is 1. The van der Waals surface area contributed by atoms with Crippen LogP contribution in [0.1, 0.15) is 39.0 Å². The minimum Gasteiger partial charge on any atom is -0.393 e. The van der Waals surface area contributed by atoms with Crippen molar-refractivity contribution in [1.29, 1.82) is 0 Å². The first-order valence-electron chi connectivity index (χ1n) is 7.58. The van der Waals surface area contributed by atoms with Crippen molar-refractivity contribution in [1.82, 2.24) is 14.9 Å². The molecule has 2 saturated carbocycles. The molecule has 1 heterocycles. The fourth-order valence-corrected chi connectivity index (χ4v) is 3.17. The van der Waals surface area contributed by atoms with Gasteiger partial charge in [-0.3, -0.25) is 4.79 Å². The molecule has 1 aromatic rings. The first kappa shape index (κ1) is 13.6. The van der Waals surface area contributed by atoms with E-state index in [4.69, 9.17) is 0 Å². The Morgan fingerprint density at radius 3 is 2.80 bits per heavy atom. The molecule has 0 unspecified atom stereocenters. The van der Waals surface area contributed by atoms with Gasteiger partial charge in [-0.25, -0.2) is 4.98 Å². The number of imidazole rings is 1. The predicted molar refractivity (Wildman–Crippen MR) is 74.8 cm³/mol. The molecule has 1 amide bonds. The minimum absolute atomic E-state index is 0.160. The minimum atomic E-state index is -0.226. The van der Waals surface area contributed by atoms with Gasteiger partial charge in [-0.05, 0) is 38.0 Å². The third kappa shape index (κ3) is 2.59. The highest BCUT2D eigenvalue weighted by atomic mass is 16.3. The predicted octanol–water partition coefficient (Wildman–Crippen LogP) is 1.33. The van der Waals surface area contributed by atoms with Crippen molar-refractivity contribution >= 4 is 5.91 Å². The Labute approximate surface area is 119 Å². The number of nitrogens with zero attached hydrogens (tertiary/aromatic N) is 2. The quantitative estimate of drug-likeness (QED) is 0.824. The summed E-state index contributed by atoms with van der Waals surface area (Å²) < 4.78 is 1.99. The molecule has 5 nitrogen and oxygen atoms in total. The van der Waals surface area contributed by atoms with Crippen LogP contribution in [0.15, 0.2) is 18.7 Å². The SMILES string of the molecule is CC[C@@H](NC(=O)C1(Cn2ccnc2)CC1)C1CC(O)C1. The normalized spacial score (nSPS) is 28.5. The third-order valence-corrected chi connectivity index (χ3v) is 4.85. The number of carbonyl (C=O) groups excluding carboxylic acids is 1. The number of aromatic nitrogens is 2. The van der Waals surface area contributed by atoms with Gasteiger partial charge in [0.15, 0.2) is 0 Å². The Hall–Kier alpha value is -1.36. The molecule has 0 radical (unpaired) electrons. The van der Waals surface area contributed by atoms with Crippen LogP contribution in [0.2, 0.25) is 0 Å². The summed E-state index contributed by atoms with van der Waals surface area (Å²) in [6.45, 7) is 2.83. The molecule has 2 fully saturated rings. The van der Waals surface area contributed by atoms with Crippen molar-refractivity contribution in [3.63, 3.8) is 0 Å². The van der Waals surface area contributed by atoms with E-state index in [0.29, 0.717) is 5.92 Å². The molecule has 0 bridgehead atoms. The van der Waals surface area contributed by atoms with Gasteiger partial charge >= 0.3 is 0 Å². The van der Waals surface area contributed by atoms with Gasteiger partial charge in [-0.15, -0.1) is 0 Å². The fraction of sp³-hybridized carbons (Fsp3) is 0.733. The van der Waals surface area contributed by atoms with Crippen LogP contribution in [0, 0.1) is 11.3 Å². The molecule has 3 rings (SSSR count). The molecule has 2 aliphatic carbocycles. The summed E-state index contributed by atoms with van der Waals surface area (Å²) in [5, 5.41) is 12.6. The van der Waals surface area contributed by atoms with Gasteiger partial charge in [0.05, 0.1) is 17.8 Å². The Morgan fingerprint density at radius 1 is 1.55 bits per heavy atom. The van der Waals surface area contributed by atoms with Crippen molar-refractivity contribution < 1.29 is 9.90 Å². The number of hydrogen-bond donors (Lipinski definition) is 2. The maximum Gasteiger partial charge on any atom is 0.228 e. The van der Waals surface area contributed by atoms with Crippen molar-refractivity contribution in [3.8, 4) is 0 Å². The lowest BCUT2D eigenvalue weighted by Crippen LogP contribution is -2.49. The zero-order chi connectivity index (χ0) is 14.2. The largest absolute Gasteiger partial charge is 0.393 e. The van der Waals surface area contributed by atoms with E-state index in [2.05, 4.69) is 17.2 Å². The lowest BCUT2D eigenvalue weighted by molar-refractivity contribution is -0.128. The molecular weight excluding hydrogens is 254 g/mol. The lowest BCUT2D eigenvalue weighted by Gasteiger charge is -2.38. The van der Waals surface area contributed by atoms with E-state index in [1.54, 1.807) is 12.5 Å². The van der Waals surface area contributed by atoms with Crippen LogP contribution >= 0.6 is 0 Å².